The fourth-order valence-corrected chi connectivity index (χ4v) is 3.64. The van der Waals surface area contributed by atoms with E-state index in [2.05, 4.69) is 15.0 Å². The van der Waals surface area contributed by atoms with E-state index >= 15 is 0 Å². The summed E-state index contributed by atoms with van der Waals surface area (Å²) in [5.41, 5.74) is 0.638. The van der Waals surface area contributed by atoms with E-state index in [-0.39, 0.29) is 35.7 Å². The molecule has 0 spiro atoms. The maximum atomic E-state index is 12.6. The number of para-hydroxylation sites is 1. The minimum atomic E-state index is -2.93. The Hall–Kier alpha value is -3.87. The van der Waals surface area contributed by atoms with Gasteiger partial charge in [-0.3, -0.25) is 4.79 Å². The van der Waals surface area contributed by atoms with Gasteiger partial charge < -0.3 is 23.8 Å². The molecular weight excluding hydrogens is 422 g/mol. The summed E-state index contributed by atoms with van der Waals surface area (Å²) in [6, 6.07) is 11.8. The van der Waals surface area contributed by atoms with Gasteiger partial charge in [-0.15, -0.1) is 0 Å². The minimum absolute atomic E-state index is 0.0410. The fourth-order valence-electron chi connectivity index (χ4n) is 3.64. The minimum Gasteiger partial charge on any atom is -0.459 e. The first-order chi connectivity index (χ1) is 15.5. The Labute approximate surface area is 182 Å². The standard InChI is InChI=1S/C22H20F2N4O4/c23-22(24)31-17-5-2-1-4-15(17)13-26-19(29)14-7-9-28(10-8-14)21-16(12-25)27-20(32-21)18-6-3-11-30-18/h1-6,11,14,22H,7-10,13H2,(H,26,29). The lowest BCUT2D eigenvalue weighted by Gasteiger charge is -2.31. The summed E-state index contributed by atoms with van der Waals surface area (Å²) in [4.78, 5) is 18.7. The number of aromatic nitrogens is 1. The number of furan rings is 1. The molecular formula is C22H20F2N4O4. The van der Waals surface area contributed by atoms with Crippen molar-refractivity contribution in [2.45, 2.75) is 26.0 Å². The number of hydrogen-bond acceptors (Lipinski definition) is 7. The second kappa shape index (κ2) is 9.51. The van der Waals surface area contributed by atoms with Crippen molar-refractivity contribution in [3.63, 3.8) is 0 Å². The SMILES string of the molecule is N#Cc1nc(-c2ccco2)oc1N1CCC(C(=O)NCc2ccccc2OC(F)F)CC1. The number of alkyl halides is 2. The van der Waals surface area contributed by atoms with E-state index in [0.29, 0.717) is 43.1 Å². The number of carbonyl (C=O) groups is 1. The molecule has 166 valence electrons. The number of hydrogen-bond donors (Lipinski definition) is 1. The number of benzene rings is 1. The molecule has 0 atom stereocenters. The normalized spacial score (nSPS) is 14.4. The molecule has 0 aliphatic carbocycles. The molecule has 0 saturated carbocycles. The molecule has 0 radical (unpaired) electrons. The molecule has 10 heteroatoms. The highest BCUT2D eigenvalue weighted by atomic mass is 19.3. The van der Waals surface area contributed by atoms with Crippen LogP contribution in [0.15, 0.2) is 51.5 Å². The fraction of sp³-hybridized carbons (Fsp3) is 0.318. The van der Waals surface area contributed by atoms with E-state index in [9.17, 15) is 18.8 Å². The molecule has 0 bridgehead atoms. The number of oxazole rings is 1. The second-order valence-electron chi connectivity index (χ2n) is 7.23. The first-order valence-electron chi connectivity index (χ1n) is 10.1. The predicted molar refractivity (Wildman–Crippen MR) is 109 cm³/mol. The third-order valence-electron chi connectivity index (χ3n) is 5.24. The molecule has 4 rings (SSSR count). The van der Waals surface area contributed by atoms with Crippen molar-refractivity contribution in [1.29, 1.82) is 5.26 Å². The molecule has 32 heavy (non-hydrogen) atoms. The average molecular weight is 442 g/mol. The summed E-state index contributed by atoms with van der Waals surface area (Å²) in [7, 11) is 0. The molecule has 8 nitrogen and oxygen atoms in total. The third-order valence-corrected chi connectivity index (χ3v) is 5.24. The largest absolute Gasteiger partial charge is 0.459 e. The van der Waals surface area contributed by atoms with Crippen LogP contribution < -0.4 is 15.0 Å². The van der Waals surface area contributed by atoms with Gasteiger partial charge in [0.25, 0.3) is 5.89 Å². The van der Waals surface area contributed by atoms with Gasteiger partial charge in [0.15, 0.2) is 5.76 Å². The quantitative estimate of drug-likeness (QED) is 0.591. The number of halogens is 2. The van der Waals surface area contributed by atoms with Crippen molar-refractivity contribution < 1.29 is 27.1 Å². The van der Waals surface area contributed by atoms with Crippen LogP contribution in [0, 0.1) is 17.2 Å². The van der Waals surface area contributed by atoms with Gasteiger partial charge in [0.1, 0.15) is 11.8 Å². The van der Waals surface area contributed by atoms with Crippen LogP contribution in [0.4, 0.5) is 14.7 Å². The monoisotopic (exact) mass is 442 g/mol. The lowest BCUT2D eigenvalue weighted by atomic mass is 9.96. The summed E-state index contributed by atoms with van der Waals surface area (Å²) < 4.78 is 40.6. The Kier molecular flexibility index (Phi) is 6.35. The lowest BCUT2D eigenvalue weighted by molar-refractivity contribution is -0.125. The average Bonchev–Trinajstić information content (AvgIpc) is 3.48. The second-order valence-corrected chi connectivity index (χ2v) is 7.23. The van der Waals surface area contributed by atoms with Crippen LogP contribution in [0.2, 0.25) is 0 Å². The first-order valence-corrected chi connectivity index (χ1v) is 10.1. The van der Waals surface area contributed by atoms with Crippen molar-refractivity contribution in [1.82, 2.24) is 10.3 Å². The third kappa shape index (κ3) is 4.72. The summed E-state index contributed by atoms with van der Waals surface area (Å²) in [6.45, 7) is -1.83. The Morgan fingerprint density at radius 3 is 2.75 bits per heavy atom. The van der Waals surface area contributed by atoms with Gasteiger partial charge >= 0.3 is 6.61 Å². The molecule has 1 aliphatic rings. The van der Waals surface area contributed by atoms with Gasteiger partial charge in [-0.1, -0.05) is 18.2 Å². The van der Waals surface area contributed by atoms with Crippen molar-refractivity contribution in [2.24, 2.45) is 5.92 Å². The highest BCUT2D eigenvalue weighted by Gasteiger charge is 2.29. The molecule has 3 aromatic rings. The topological polar surface area (TPSA) is 105 Å². The maximum absolute atomic E-state index is 12.6. The van der Waals surface area contributed by atoms with Gasteiger partial charge in [-0.25, -0.2) is 0 Å². The highest BCUT2D eigenvalue weighted by Crippen LogP contribution is 2.31. The van der Waals surface area contributed by atoms with E-state index in [1.807, 2.05) is 11.0 Å². The number of amides is 1. The first kappa shape index (κ1) is 21.4. The molecule has 0 unspecified atom stereocenters. The van der Waals surface area contributed by atoms with E-state index in [4.69, 9.17) is 8.83 Å². The number of ether oxygens (including phenoxy) is 1. The van der Waals surface area contributed by atoms with Gasteiger partial charge in [0, 0.05) is 31.1 Å². The Balaban J connectivity index is 1.34. The number of nitrogens with zero attached hydrogens (tertiary/aromatic N) is 3. The van der Waals surface area contributed by atoms with Crippen LogP contribution in [-0.2, 0) is 11.3 Å². The van der Waals surface area contributed by atoms with Crippen LogP contribution >= 0.6 is 0 Å². The number of nitriles is 1. The van der Waals surface area contributed by atoms with E-state index in [0.717, 1.165) is 0 Å². The zero-order chi connectivity index (χ0) is 22.5. The number of carbonyl (C=O) groups excluding carboxylic acids is 1. The van der Waals surface area contributed by atoms with Gasteiger partial charge in [0.2, 0.25) is 17.5 Å². The maximum Gasteiger partial charge on any atom is 0.387 e. The highest BCUT2D eigenvalue weighted by molar-refractivity contribution is 5.79. The summed E-state index contributed by atoms with van der Waals surface area (Å²) in [5, 5.41) is 12.2. The Morgan fingerprint density at radius 1 is 1.28 bits per heavy atom. The van der Waals surface area contributed by atoms with Crippen molar-refractivity contribution in [2.75, 3.05) is 18.0 Å². The Bertz CT molecular complexity index is 1100. The number of rotatable bonds is 7. The van der Waals surface area contributed by atoms with E-state index in [1.54, 1.807) is 30.3 Å². The zero-order valence-electron chi connectivity index (χ0n) is 17.0. The molecule has 1 N–H and O–H groups in total. The predicted octanol–water partition coefficient (Wildman–Crippen LogP) is 3.94. The van der Waals surface area contributed by atoms with Crippen molar-refractivity contribution >= 4 is 11.8 Å². The molecule has 1 aliphatic heterocycles. The van der Waals surface area contributed by atoms with Crippen LogP contribution in [0.3, 0.4) is 0 Å². The Morgan fingerprint density at radius 2 is 2.06 bits per heavy atom. The molecule has 1 amide bonds. The van der Waals surface area contributed by atoms with Crippen LogP contribution in [0.5, 0.6) is 5.75 Å². The summed E-state index contributed by atoms with van der Waals surface area (Å²) >= 11 is 0. The molecule has 1 saturated heterocycles. The number of anilines is 1. The van der Waals surface area contributed by atoms with Crippen molar-refractivity contribution in [3.05, 3.63) is 53.9 Å². The van der Waals surface area contributed by atoms with Crippen molar-refractivity contribution in [3.8, 4) is 23.5 Å². The van der Waals surface area contributed by atoms with Crippen LogP contribution in [-0.4, -0.2) is 30.6 Å². The van der Waals surface area contributed by atoms with Crippen LogP contribution in [0.25, 0.3) is 11.7 Å². The van der Waals surface area contributed by atoms with E-state index < -0.39 is 6.61 Å². The van der Waals surface area contributed by atoms with Gasteiger partial charge in [0.05, 0.1) is 6.26 Å². The molecule has 1 aromatic carbocycles. The molecule has 2 aromatic heterocycles. The summed E-state index contributed by atoms with van der Waals surface area (Å²) in [5.74, 6) is 0.651. The van der Waals surface area contributed by atoms with Crippen LogP contribution in [0.1, 0.15) is 24.1 Å². The van der Waals surface area contributed by atoms with Gasteiger partial charge in [-0.05, 0) is 31.0 Å². The smallest absolute Gasteiger partial charge is 0.387 e. The van der Waals surface area contributed by atoms with Gasteiger partial charge in [-0.2, -0.15) is 19.0 Å². The molecule has 1 fully saturated rings. The number of nitrogens with one attached hydrogen (secondary N) is 1. The molecule has 3 heterocycles. The van der Waals surface area contributed by atoms with E-state index in [1.165, 1.54) is 12.3 Å². The lowest BCUT2D eigenvalue weighted by Crippen LogP contribution is -2.40. The number of piperidine rings is 1. The summed E-state index contributed by atoms with van der Waals surface area (Å²) in [6.07, 6.45) is 2.58. The zero-order valence-corrected chi connectivity index (χ0v) is 17.0.